The van der Waals surface area contributed by atoms with Crippen molar-refractivity contribution in [1.82, 2.24) is 0 Å². The summed E-state index contributed by atoms with van der Waals surface area (Å²) >= 11 is 0. The maximum absolute atomic E-state index is 11.1. The van der Waals surface area contributed by atoms with E-state index in [-0.39, 0.29) is 5.91 Å². The van der Waals surface area contributed by atoms with Crippen LogP contribution in [0.2, 0.25) is 0 Å². The number of allylic oxidation sites excluding steroid dienone is 1. The summed E-state index contributed by atoms with van der Waals surface area (Å²) in [6.07, 6.45) is 2.86. The van der Waals surface area contributed by atoms with Crippen LogP contribution < -0.4 is 0 Å². The van der Waals surface area contributed by atoms with Crippen LogP contribution in [-0.4, -0.2) is 24.3 Å². The molecular formula is C7H5N3O. The Hall–Kier alpha value is -1.58. The van der Waals surface area contributed by atoms with Gasteiger partial charge in [0, 0.05) is 6.21 Å². The molecular weight excluding hydrogens is 142 g/mol. The van der Waals surface area contributed by atoms with E-state index in [1.807, 2.05) is 6.92 Å². The summed E-state index contributed by atoms with van der Waals surface area (Å²) in [4.78, 5) is 22.4. The van der Waals surface area contributed by atoms with Crippen molar-refractivity contribution in [3.8, 4) is 0 Å². The third-order valence-electron chi connectivity index (χ3n) is 1.57. The van der Waals surface area contributed by atoms with Crippen molar-refractivity contribution >= 4 is 24.3 Å². The van der Waals surface area contributed by atoms with Gasteiger partial charge in [0.1, 0.15) is 6.34 Å². The van der Waals surface area contributed by atoms with Crippen LogP contribution in [0.5, 0.6) is 0 Å². The highest BCUT2D eigenvalue weighted by atomic mass is 16.1. The van der Waals surface area contributed by atoms with Crippen LogP contribution >= 0.6 is 0 Å². The lowest BCUT2D eigenvalue weighted by atomic mass is 10.1. The summed E-state index contributed by atoms with van der Waals surface area (Å²) in [6, 6.07) is 0. The molecule has 2 rings (SSSR count). The zero-order valence-electron chi connectivity index (χ0n) is 5.90. The SMILES string of the molecule is CC1=C2C(=O)N=CN=C2N=C1. The molecule has 4 heteroatoms. The highest BCUT2D eigenvalue weighted by molar-refractivity contribution is 6.32. The summed E-state index contributed by atoms with van der Waals surface area (Å²) in [5, 5.41) is 0. The Labute approximate surface area is 63.1 Å². The lowest BCUT2D eigenvalue weighted by Gasteiger charge is -2.00. The van der Waals surface area contributed by atoms with Crippen LogP contribution in [0.25, 0.3) is 0 Å². The van der Waals surface area contributed by atoms with Gasteiger partial charge in [0.15, 0.2) is 5.84 Å². The minimum absolute atomic E-state index is 0.245. The molecule has 0 fully saturated rings. The van der Waals surface area contributed by atoms with Crippen molar-refractivity contribution in [2.75, 3.05) is 0 Å². The number of amides is 1. The fourth-order valence-corrected chi connectivity index (χ4v) is 1.03. The lowest BCUT2D eigenvalue weighted by Crippen LogP contribution is -2.11. The molecule has 0 spiro atoms. The summed E-state index contributed by atoms with van der Waals surface area (Å²) in [7, 11) is 0. The van der Waals surface area contributed by atoms with E-state index >= 15 is 0 Å². The average Bonchev–Trinajstić information content (AvgIpc) is 2.34. The standard InChI is InChI=1S/C7H5N3O/c1-4-2-8-6-5(4)7(11)10-3-9-6/h2-3H,1H3. The topological polar surface area (TPSA) is 54.1 Å². The van der Waals surface area contributed by atoms with Crippen molar-refractivity contribution < 1.29 is 4.79 Å². The van der Waals surface area contributed by atoms with Crippen molar-refractivity contribution in [3.05, 3.63) is 11.1 Å². The fraction of sp³-hybridized carbons (Fsp3) is 0.143. The second-order valence-electron chi connectivity index (χ2n) is 2.32. The van der Waals surface area contributed by atoms with Gasteiger partial charge in [-0.05, 0) is 12.5 Å². The molecule has 0 saturated carbocycles. The Morgan fingerprint density at radius 2 is 2.18 bits per heavy atom. The summed E-state index contributed by atoms with van der Waals surface area (Å²) < 4.78 is 0. The van der Waals surface area contributed by atoms with E-state index in [9.17, 15) is 4.79 Å². The van der Waals surface area contributed by atoms with E-state index < -0.39 is 0 Å². The first-order valence-corrected chi connectivity index (χ1v) is 3.19. The number of fused-ring (bicyclic) bond motifs is 1. The van der Waals surface area contributed by atoms with Crippen LogP contribution in [-0.2, 0) is 4.79 Å². The third kappa shape index (κ3) is 0.756. The zero-order valence-corrected chi connectivity index (χ0v) is 5.90. The Morgan fingerprint density at radius 3 is 2.91 bits per heavy atom. The van der Waals surface area contributed by atoms with Gasteiger partial charge in [-0.2, -0.15) is 4.99 Å². The Bertz CT molecular complexity index is 347. The van der Waals surface area contributed by atoms with Gasteiger partial charge in [-0.3, -0.25) is 4.79 Å². The molecule has 11 heavy (non-hydrogen) atoms. The second kappa shape index (κ2) is 1.95. The summed E-state index contributed by atoms with van der Waals surface area (Å²) in [5.41, 5.74) is 1.37. The van der Waals surface area contributed by atoms with Crippen LogP contribution in [0.3, 0.4) is 0 Å². The average molecular weight is 147 g/mol. The Kier molecular flexibility index (Phi) is 1.09. The first-order valence-electron chi connectivity index (χ1n) is 3.19. The van der Waals surface area contributed by atoms with Crippen molar-refractivity contribution in [2.45, 2.75) is 6.92 Å². The minimum atomic E-state index is -0.245. The van der Waals surface area contributed by atoms with Gasteiger partial charge in [-0.15, -0.1) is 0 Å². The van der Waals surface area contributed by atoms with Crippen LogP contribution in [0, 0.1) is 0 Å². The molecule has 0 radical (unpaired) electrons. The summed E-state index contributed by atoms with van der Waals surface area (Å²) in [6.45, 7) is 1.82. The monoisotopic (exact) mass is 147 g/mol. The number of rotatable bonds is 0. The van der Waals surface area contributed by atoms with E-state index in [1.165, 1.54) is 6.34 Å². The van der Waals surface area contributed by atoms with Gasteiger partial charge in [-0.25, -0.2) is 9.98 Å². The smallest absolute Gasteiger partial charge is 0.267 e. The molecule has 2 heterocycles. The van der Waals surface area contributed by atoms with Crippen LogP contribution in [0.1, 0.15) is 6.92 Å². The van der Waals surface area contributed by atoms with Gasteiger partial charge >= 0.3 is 0 Å². The second-order valence-corrected chi connectivity index (χ2v) is 2.32. The van der Waals surface area contributed by atoms with E-state index in [1.54, 1.807) is 6.21 Å². The number of hydrogen-bond acceptors (Lipinski definition) is 3. The van der Waals surface area contributed by atoms with Crippen molar-refractivity contribution in [2.24, 2.45) is 15.0 Å². The predicted octanol–water partition coefficient (Wildman–Crippen LogP) is 0.354. The molecule has 0 aromatic heterocycles. The van der Waals surface area contributed by atoms with E-state index in [2.05, 4.69) is 15.0 Å². The number of nitrogens with zero attached hydrogens (tertiary/aromatic N) is 3. The molecule has 0 unspecified atom stereocenters. The first-order chi connectivity index (χ1) is 5.29. The van der Waals surface area contributed by atoms with Gasteiger partial charge in [0.25, 0.3) is 5.91 Å². The molecule has 0 aliphatic carbocycles. The molecule has 54 valence electrons. The lowest BCUT2D eigenvalue weighted by molar-refractivity contribution is -0.113. The zero-order chi connectivity index (χ0) is 7.84. The molecule has 2 aliphatic heterocycles. The van der Waals surface area contributed by atoms with Crippen molar-refractivity contribution in [1.29, 1.82) is 0 Å². The number of hydrogen-bond donors (Lipinski definition) is 0. The number of amidine groups is 1. The molecule has 1 amide bonds. The molecule has 2 aliphatic rings. The minimum Gasteiger partial charge on any atom is -0.267 e. The molecule has 0 N–H and O–H groups in total. The normalized spacial score (nSPS) is 20.8. The number of carbonyl (C=O) groups is 1. The molecule has 0 saturated heterocycles. The first kappa shape index (κ1) is 6.15. The van der Waals surface area contributed by atoms with Crippen LogP contribution in [0.15, 0.2) is 26.1 Å². The van der Waals surface area contributed by atoms with Crippen LogP contribution in [0.4, 0.5) is 0 Å². The summed E-state index contributed by atoms with van der Waals surface area (Å²) in [5.74, 6) is 0.243. The predicted molar refractivity (Wildman–Crippen MR) is 42.1 cm³/mol. The van der Waals surface area contributed by atoms with Gasteiger partial charge in [0.05, 0.1) is 5.57 Å². The van der Waals surface area contributed by atoms with E-state index in [4.69, 9.17) is 0 Å². The molecule has 0 bridgehead atoms. The largest absolute Gasteiger partial charge is 0.282 e. The maximum Gasteiger partial charge on any atom is 0.282 e. The van der Waals surface area contributed by atoms with E-state index in [0.29, 0.717) is 11.4 Å². The molecule has 0 aromatic carbocycles. The molecule has 4 nitrogen and oxygen atoms in total. The van der Waals surface area contributed by atoms with Gasteiger partial charge < -0.3 is 0 Å². The highest BCUT2D eigenvalue weighted by Crippen LogP contribution is 2.16. The highest BCUT2D eigenvalue weighted by Gasteiger charge is 2.23. The van der Waals surface area contributed by atoms with Gasteiger partial charge in [-0.1, -0.05) is 0 Å². The Balaban J connectivity index is 2.61. The Morgan fingerprint density at radius 1 is 1.36 bits per heavy atom. The van der Waals surface area contributed by atoms with Crippen molar-refractivity contribution in [3.63, 3.8) is 0 Å². The molecule has 0 aromatic rings. The quantitative estimate of drug-likeness (QED) is 0.487. The number of aliphatic imine (C=N–C) groups is 3. The maximum atomic E-state index is 11.1. The molecule has 0 atom stereocenters. The van der Waals surface area contributed by atoms with E-state index in [0.717, 1.165) is 5.57 Å². The number of carbonyl (C=O) groups excluding carboxylic acids is 1. The van der Waals surface area contributed by atoms with Gasteiger partial charge in [0.2, 0.25) is 0 Å². The third-order valence-corrected chi connectivity index (χ3v) is 1.57. The fourth-order valence-electron chi connectivity index (χ4n) is 1.03.